The van der Waals surface area contributed by atoms with Crippen molar-refractivity contribution in [3.8, 4) is 0 Å². The largest absolute Gasteiger partial charge is 0.324 e. The number of nitrogens with two attached hydrogens (primary N) is 1. The van der Waals surface area contributed by atoms with E-state index in [4.69, 9.17) is 5.73 Å². The predicted molar refractivity (Wildman–Crippen MR) is 78.5 cm³/mol. The van der Waals surface area contributed by atoms with Crippen molar-refractivity contribution in [2.75, 3.05) is 13.6 Å². The first-order chi connectivity index (χ1) is 9.66. The monoisotopic (exact) mass is 273 g/mol. The Labute approximate surface area is 119 Å². The van der Waals surface area contributed by atoms with Crippen molar-refractivity contribution in [2.45, 2.75) is 19.0 Å². The maximum Gasteiger partial charge on any atom is 0.127 e. The Balaban J connectivity index is 1.84. The van der Waals surface area contributed by atoms with Crippen molar-refractivity contribution in [2.24, 2.45) is 5.73 Å². The van der Waals surface area contributed by atoms with Gasteiger partial charge in [0, 0.05) is 30.5 Å². The van der Waals surface area contributed by atoms with Crippen molar-refractivity contribution in [3.63, 3.8) is 0 Å². The van der Waals surface area contributed by atoms with E-state index in [-0.39, 0.29) is 11.9 Å². The van der Waals surface area contributed by atoms with Gasteiger partial charge in [-0.05, 0) is 37.7 Å². The Kier molecular flexibility index (Phi) is 5.21. The van der Waals surface area contributed by atoms with E-state index in [0.29, 0.717) is 5.56 Å². The normalized spacial score (nSPS) is 12.6. The van der Waals surface area contributed by atoms with E-state index >= 15 is 0 Å². The molecular weight excluding hydrogens is 253 g/mol. The van der Waals surface area contributed by atoms with Gasteiger partial charge in [-0.1, -0.05) is 24.3 Å². The molecule has 1 aromatic heterocycles. The Bertz CT molecular complexity index is 530. The van der Waals surface area contributed by atoms with Gasteiger partial charge in [0.05, 0.1) is 0 Å². The fourth-order valence-electron chi connectivity index (χ4n) is 2.17. The maximum atomic E-state index is 13.6. The second-order valence-corrected chi connectivity index (χ2v) is 5.02. The second kappa shape index (κ2) is 7.12. The van der Waals surface area contributed by atoms with Crippen molar-refractivity contribution >= 4 is 0 Å². The van der Waals surface area contributed by atoms with Crippen LogP contribution in [0, 0.1) is 5.82 Å². The quantitative estimate of drug-likeness (QED) is 0.880. The molecule has 1 aromatic carbocycles. The molecule has 0 spiro atoms. The molecule has 1 heterocycles. The second-order valence-electron chi connectivity index (χ2n) is 5.02. The molecule has 2 N–H and O–H groups in total. The summed E-state index contributed by atoms with van der Waals surface area (Å²) in [4.78, 5) is 6.26. The number of hydrogen-bond acceptors (Lipinski definition) is 3. The van der Waals surface area contributed by atoms with Crippen molar-refractivity contribution < 1.29 is 4.39 Å². The molecule has 1 unspecified atom stereocenters. The summed E-state index contributed by atoms with van der Waals surface area (Å²) in [6, 6.07) is 10.4. The molecule has 2 rings (SSSR count). The fourth-order valence-corrected chi connectivity index (χ4v) is 2.17. The fraction of sp³-hybridized carbons (Fsp3) is 0.312. The van der Waals surface area contributed by atoms with Crippen LogP contribution in [0.15, 0.2) is 48.8 Å². The predicted octanol–water partition coefficient (Wildman–Crippen LogP) is 2.74. The minimum absolute atomic E-state index is 0.227. The van der Waals surface area contributed by atoms with Crippen LogP contribution < -0.4 is 5.73 Å². The standard InChI is InChI=1S/C16H20FN3/c1-20(12-13-5-4-9-19-11-13)10-8-16(18)14-6-2-3-7-15(14)17/h2-7,9,11,16H,8,10,12,18H2,1H3. The van der Waals surface area contributed by atoms with E-state index in [0.717, 1.165) is 25.1 Å². The Morgan fingerprint density at radius 1 is 1.25 bits per heavy atom. The highest BCUT2D eigenvalue weighted by Gasteiger charge is 2.11. The first-order valence-corrected chi connectivity index (χ1v) is 6.74. The summed E-state index contributed by atoms with van der Waals surface area (Å²) in [7, 11) is 2.03. The van der Waals surface area contributed by atoms with Gasteiger partial charge in [-0.3, -0.25) is 4.98 Å². The molecule has 0 aliphatic heterocycles. The van der Waals surface area contributed by atoms with E-state index in [1.54, 1.807) is 18.3 Å². The van der Waals surface area contributed by atoms with Crippen LogP contribution in [0.4, 0.5) is 4.39 Å². The number of hydrogen-bond donors (Lipinski definition) is 1. The zero-order chi connectivity index (χ0) is 14.4. The van der Waals surface area contributed by atoms with E-state index in [9.17, 15) is 4.39 Å². The van der Waals surface area contributed by atoms with Crippen LogP contribution >= 0.6 is 0 Å². The van der Waals surface area contributed by atoms with E-state index in [2.05, 4.69) is 9.88 Å². The molecule has 0 radical (unpaired) electrons. The smallest absolute Gasteiger partial charge is 0.127 e. The molecule has 1 atom stereocenters. The van der Waals surface area contributed by atoms with Crippen molar-refractivity contribution in [3.05, 3.63) is 65.7 Å². The Morgan fingerprint density at radius 2 is 2.05 bits per heavy atom. The molecule has 2 aromatic rings. The van der Waals surface area contributed by atoms with E-state index in [1.165, 1.54) is 6.07 Å². The molecule has 0 bridgehead atoms. The minimum atomic E-state index is -0.271. The van der Waals surface area contributed by atoms with Gasteiger partial charge in [0.15, 0.2) is 0 Å². The summed E-state index contributed by atoms with van der Waals surface area (Å²) >= 11 is 0. The van der Waals surface area contributed by atoms with Crippen LogP contribution in [0.25, 0.3) is 0 Å². The molecule has 0 fully saturated rings. The molecule has 20 heavy (non-hydrogen) atoms. The van der Waals surface area contributed by atoms with Crippen LogP contribution in [0.3, 0.4) is 0 Å². The van der Waals surface area contributed by atoms with Crippen LogP contribution in [0.5, 0.6) is 0 Å². The average molecular weight is 273 g/mol. The number of rotatable bonds is 6. The van der Waals surface area contributed by atoms with E-state index < -0.39 is 0 Å². The summed E-state index contributed by atoms with van der Waals surface area (Å²) < 4.78 is 13.6. The van der Waals surface area contributed by atoms with Crippen LogP contribution in [-0.2, 0) is 6.54 Å². The highest BCUT2D eigenvalue weighted by atomic mass is 19.1. The molecule has 4 heteroatoms. The number of pyridine rings is 1. The zero-order valence-electron chi connectivity index (χ0n) is 11.7. The van der Waals surface area contributed by atoms with Crippen LogP contribution in [-0.4, -0.2) is 23.5 Å². The molecule has 0 saturated carbocycles. The minimum Gasteiger partial charge on any atom is -0.324 e. The van der Waals surface area contributed by atoms with Gasteiger partial charge in [-0.2, -0.15) is 0 Å². The Morgan fingerprint density at radius 3 is 2.75 bits per heavy atom. The van der Waals surface area contributed by atoms with Gasteiger partial charge in [-0.25, -0.2) is 4.39 Å². The van der Waals surface area contributed by atoms with Crippen LogP contribution in [0.1, 0.15) is 23.6 Å². The van der Waals surface area contributed by atoms with Crippen molar-refractivity contribution in [1.82, 2.24) is 9.88 Å². The van der Waals surface area contributed by atoms with Gasteiger partial charge in [-0.15, -0.1) is 0 Å². The van der Waals surface area contributed by atoms with Gasteiger partial charge < -0.3 is 10.6 Å². The summed E-state index contributed by atoms with van der Waals surface area (Å²) in [5.74, 6) is -0.227. The summed E-state index contributed by atoms with van der Waals surface area (Å²) in [6.45, 7) is 1.63. The maximum absolute atomic E-state index is 13.6. The number of aromatic nitrogens is 1. The zero-order valence-corrected chi connectivity index (χ0v) is 11.7. The van der Waals surface area contributed by atoms with Gasteiger partial charge in [0.1, 0.15) is 5.82 Å². The molecule has 0 amide bonds. The van der Waals surface area contributed by atoms with Crippen LogP contribution in [0.2, 0.25) is 0 Å². The average Bonchev–Trinajstić information content (AvgIpc) is 2.46. The van der Waals surface area contributed by atoms with Gasteiger partial charge >= 0.3 is 0 Å². The van der Waals surface area contributed by atoms with Gasteiger partial charge in [0.25, 0.3) is 0 Å². The topological polar surface area (TPSA) is 42.1 Å². The highest BCUT2D eigenvalue weighted by molar-refractivity contribution is 5.20. The number of halogens is 1. The highest BCUT2D eigenvalue weighted by Crippen LogP contribution is 2.17. The Hall–Kier alpha value is -1.78. The lowest BCUT2D eigenvalue weighted by atomic mass is 10.0. The molecule has 0 aliphatic rings. The summed E-state index contributed by atoms with van der Waals surface area (Å²) in [5.41, 5.74) is 7.81. The number of benzene rings is 1. The lowest BCUT2D eigenvalue weighted by Gasteiger charge is -2.19. The van der Waals surface area contributed by atoms with E-state index in [1.807, 2.05) is 31.4 Å². The SMILES string of the molecule is CN(CCC(N)c1ccccc1F)Cc1cccnc1. The lowest BCUT2D eigenvalue weighted by Crippen LogP contribution is -2.24. The molecule has 0 saturated heterocycles. The third kappa shape index (κ3) is 4.11. The third-order valence-corrected chi connectivity index (χ3v) is 3.30. The summed E-state index contributed by atoms with van der Waals surface area (Å²) in [6.07, 6.45) is 4.34. The van der Waals surface area contributed by atoms with Crippen molar-refractivity contribution in [1.29, 1.82) is 0 Å². The third-order valence-electron chi connectivity index (χ3n) is 3.30. The lowest BCUT2D eigenvalue weighted by molar-refractivity contribution is 0.310. The first-order valence-electron chi connectivity index (χ1n) is 6.74. The molecule has 3 nitrogen and oxygen atoms in total. The molecular formula is C16H20FN3. The molecule has 106 valence electrons. The number of nitrogens with zero attached hydrogens (tertiary/aromatic N) is 2. The first kappa shape index (κ1) is 14.6. The summed E-state index contributed by atoms with van der Waals surface area (Å²) in [5, 5.41) is 0. The van der Waals surface area contributed by atoms with Gasteiger partial charge in [0.2, 0.25) is 0 Å². The molecule has 0 aliphatic carbocycles.